The topological polar surface area (TPSA) is 17.1 Å². The number of alkyl halides is 3. The number of rotatable bonds is 2. The number of ketones is 1. The van der Waals surface area contributed by atoms with Gasteiger partial charge in [0.2, 0.25) is 0 Å². The van der Waals surface area contributed by atoms with Crippen LogP contribution in [-0.2, 0) is 4.79 Å². The Balaban J connectivity index is 0. The molecule has 0 bridgehead atoms. The molecular weight excluding hydrogens is 218 g/mol. The number of halogens is 3. The fourth-order valence-electron chi connectivity index (χ4n) is 0.575. The molecule has 0 N–H and O–H groups in total. The van der Waals surface area contributed by atoms with Crippen molar-refractivity contribution in [1.29, 1.82) is 0 Å². The molecule has 12 heavy (non-hydrogen) atoms. The summed E-state index contributed by atoms with van der Waals surface area (Å²) < 4.78 is -1.08. The molecule has 0 unspecified atom stereocenters. The first-order chi connectivity index (χ1) is 5.13. The van der Waals surface area contributed by atoms with Crippen molar-refractivity contribution >= 4 is 40.6 Å². The van der Waals surface area contributed by atoms with Gasteiger partial charge in [-0.3, -0.25) is 0 Å². The fourth-order valence-corrected chi connectivity index (χ4v) is 0.575. The minimum absolute atomic E-state index is 0.287. The van der Waals surface area contributed by atoms with Gasteiger partial charge in [0.25, 0.3) is 0 Å². The summed E-state index contributed by atoms with van der Waals surface area (Å²) in [6, 6.07) is 0. The number of carbonyl (C=O) groups is 1. The van der Waals surface area contributed by atoms with Gasteiger partial charge < -0.3 is 4.79 Å². The molecule has 0 atom stereocenters. The van der Waals surface area contributed by atoms with Gasteiger partial charge >= 0.3 is 0 Å². The summed E-state index contributed by atoms with van der Waals surface area (Å²) in [7, 11) is 0. The zero-order valence-electron chi connectivity index (χ0n) is 7.83. The zero-order valence-corrected chi connectivity index (χ0v) is 10.1. The number of hydrogen-bond acceptors (Lipinski definition) is 1. The SMILES string of the molecule is CC(=O)CC(C)C.CC(Cl)(Cl)Cl. The van der Waals surface area contributed by atoms with Crippen LogP contribution in [0, 0.1) is 5.92 Å². The van der Waals surface area contributed by atoms with Gasteiger partial charge in [0.1, 0.15) is 5.78 Å². The highest BCUT2D eigenvalue weighted by atomic mass is 35.6. The maximum absolute atomic E-state index is 10.3. The van der Waals surface area contributed by atoms with Crippen LogP contribution in [0.25, 0.3) is 0 Å². The van der Waals surface area contributed by atoms with E-state index in [1.54, 1.807) is 6.92 Å². The highest BCUT2D eigenvalue weighted by Gasteiger charge is 2.07. The number of Topliss-reactive ketones (excluding diaryl/α,β-unsaturated/α-hetero) is 1. The first-order valence-electron chi connectivity index (χ1n) is 3.69. The molecule has 0 aromatic heterocycles. The Bertz CT molecular complexity index is 121. The second kappa shape index (κ2) is 6.99. The van der Waals surface area contributed by atoms with E-state index in [4.69, 9.17) is 34.8 Å². The molecule has 0 aliphatic carbocycles. The summed E-state index contributed by atoms with van der Waals surface area (Å²) in [6.07, 6.45) is 0.722. The summed E-state index contributed by atoms with van der Waals surface area (Å²) in [5.74, 6) is 0.813. The van der Waals surface area contributed by atoms with Crippen LogP contribution in [-0.4, -0.2) is 9.58 Å². The van der Waals surface area contributed by atoms with Crippen molar-refractivity contribution in [3.63, 3.8) is 0 Å². The van der Waals surface area contributed by atoms with E-state index in [0.717, 1.165) is 6.42 Å². The Morgan fingerprint density at radius 1 is 1.33 bits per heavy atom. The highest BCUT2D eigenvalue weighted by Crippen LogP contribution is 2.23. The average molecular weight is 234 g/mol. The lowest BCUT2D eigenvalue weighted by molar-refractivity contribution is -0.117. The van der Waals surface area contributed by atoms with Gasteiger partial charge in [0.05, 0.1) is 0 Å². The van der Waals surface area contributed by atoms with Crippen molar-refractivity contribution in [2.75, 3.05) is 0 Å². The van der Waals surface area contributed by atoms with E-state index in [0.29, 0.717) is 5.92 Å². The van der Waals surface area contributed by atoms with E-state index < -0.39 is 3.79 Å². The molecule has 0 spiro atoms. The predicted molar refractivity (Wildman–Crippen MR) is 56.1 cm³/mol. The van der Waals surface area contributed by atoms with Gasteiger partial charge in [-0.15, -0.1) is 0 Å². The molecule has 4 heteroatoms. The van der Waals surface area contributed by atoms with Crippen LogP contribution in [0.5, 0.6) is 0 Å². The smallest absolute Gasteiger partial charge is 0.187 e. The summed E-state index contributed by atoms with van der Waals surface area (Å²) in [5.41, 5.74) is 0. The maximum atomic E-state index is 10.3. The van der Waals surface area contributed by atoms with E-state index in [9.17, 15) is 4.79 Å². The van der Waals surface area contributed by atoms with Gasteiger partial charge in [-0.25, -0.2) is 0 Å². The molecule has 0 aromatic carbocycles. The lowest BCUT2D eigenvalue weighted by atomic mass is 10.1. The van der Waals surface area contributed by atoms with E-state index in [1.807, 2.05) is 13.8 Å². The highest BCUT2D eigenvalue weighted by molar-refractivity contribution is 6.67. The van der Waals surface area contributed by atoms with Crippen molar-refractivity contribution in [3.05, 3.63) is 0 Å². The van der Waals surface area contributed by atoms with E-state index in [2.05, 4.69) is 0 Å². The standard InChI is InChI=1S/C6H12O.C2H3Cl3/c1-5(2)4-6(3)7;1-2(3,4)5/h5H,4H2,1-3H3;1H3. The van der Waals surface area contributed by atoms with Gasteiger partial charge in [0, 0.05) is 6.42 Å². The van der Waals surface area contributed by atoms with Crippen molar-refractivity contribution in [2.45, 2.75) is 37.9 Å². The molecule has 0 radical (unpaired) electrons. The Kier molecular flexibility index (Phi) is 8.76. The fraction of sp³-hybridized carbons (Fsp3) is 0.875. The average Bonchev–Trinajstić information content (AvgIpc) is 1.52. The molecule has 0 heterocycles. The maximum Gasteiger partial charge on any atom is 0.187 e. The minimum Gasteiger partial charge on any atom is -0.300 e. The summed E-state index contributed by atoms with van der Waals surface area (Å²) >= 11 is 15.2. The first kappa shape index (κ1) is 15.0. The molecule has 1 nitrogen and oxygen atoms in total. The monoisotopic (exact) mass is 232 g/mol. The summed E-state index contributed by atoms with van der Waals surface area (Å²) in [5, 5.41) is 0. The third-order valence-electron chi connectivity index (χ3n) is 0.696. The molecular formula is C8H15Cl3O. The molecule has 0 aliphatic heterocycles. The van der Waals surface area contributed by atoms with Crippen LogP contribution >= 0.6 is 34.8 Å². The number of carbonyl (C=O) groups excluding carboxylic acids is 1. The van der Waals surface area contributed by atoms with Gasteiger partial charge in [-0.2, -0.15) is 0 Å². The quantitative estimate of drug-likeness (QED) is 0.659. The third-order valence-corrected chi connectivity index (χ3v) is 0.696. The van der Waals surface area contributed by atoms with Gasteiger partial charge in [0.15, 0.2) is 3.79 Å². The second-order valence-electron chi connectivity index (χ2n) is 3.08. The van der Waals surface area contributed by atoms with E-state index in [1.165, 1.54) is 6.92 Å². The van der Waals surface area contributed by atoms with Crippen LogP contribution < -0.4 is 0 Å². The van der Waals surface area contributed by atoms with Crippen LogP contribution in [0.1, 0.15) is 34.1 Å². The largest absolute Gasteiger partial charge is 0.300 e. The van der Waals surface area contributed by atoms with Crippen LogP contribution in [0.3, 0.4) is 0 Å². The Hall–Kier alpha value is 0.540. The molecule has 0 aromatic rings. The van der Waals surface area contributed by atoms with Crippen LogP contribution in [0.2, 0.25) is 0 Å². The van der Waals surface area contributed by atoms with Gasteiger partial charge in [-0.1, -0.05) is 48.7 Å². The molecule has 0 aliphatic rings. The summed E-state index contributed by atoms with van der Waals surface area (Å²) in [4.78, 5) is 10.3. The second-order valence-corrected chi connectivity index (χ2v) is 5.93. The molecule has 0 amide bonds. The Morgan fingerprint density at radius 3 is 1.58 bits per heavy atom. The molecule has 0 fully saturated rings. The van der Waals surface area contributed by atoms with E-state index >= 15 is 0 Å². The third kappa shape index (κ3) is 46.5. The van der Waals surface area contributed by atoms with Crippen molar-refractivity contribution in [3.8, 4) is 0 Å². The van der Waals surface area contributed by atoms with Crippen molar-refractivity contribution in [2.24, 2.45) is 5.92 Å². The summed E-state index contributed by atoms with van der Waals surface area (Å²) in [6.45, 7) is 7.19. The van der Waals surface area contributed by atoms with E-state index in [-0.39, 0.29) is 5.78 Å². The van der Waals surface area contributed by atoms with Crippen LogP contribution in [0.15, 0.2) is 0 Å². The lowest BCUT2D eigenvalue weighted by Crippen LogP contribution is -1.95. The zero-order chi connectivity index (χ0) is 10.4. The van der Waals surface area contributed by atoms with Crippen LogP contribution in [0.4, 0.5) is 0 Å². The molecule has 0 saturated heterocycles. The molecule has 74 valence electrons. The number of hydrogen-bond donors (Lipinski definition) is 0. The molecule has 0 saturated carbocycles. The minimum atomic E-state index is -1.08. The molecule has 0 rings (SSSR count). The van der Waals surface area contributed by atoms with Gasteiger partial charge in [-0.05, 0) is 19.8 Å². The Morgan fingerprint density at radius 2 is 1.58 bits per heavy atom. The lowest BCUT2D eigenvalue weighted by Gasteiger charge is -1.95. The Labute approximate surface area is 89.4 Å². The predicted octanol–water partition coefficient (Wildman–Crippen LogP) is 4.00. The van der Waals surface area contributed by atoms with Crippen molar-refractivity contribution in [1.82, 2.24) is 0 Å². The van der Waals surface area contributed by atoms with Crippen molar-refractivity contribution < 1.29 is 4.79 Å². The normalized spacial score (nSPS) is 10.7. The first-order valence-corrected chi connectivity index (χ1v) is 4.82.